The Morgan fingerprint density at radius 3 is 2.69 bits per heavy atom. The van der Waals surface area contributed by atoms with Gasteiger partial charge in [-0.05, 0) is 26.0 Å². The molecule has 1 heterocycles. The molecule has 0 saturated carbocycles. The molecule has 4 nitrogen and oxygen atoms in total. The highest BCUT2D eigenvalue weighted by Crippen LogP contribution is 2.16. The quantitative estimate of drug-likeness (QED) is 0.772. The maximum absolute atomic E-state index is 8.86. The van der Waals surface area contributed by atoms with E-state index < -0.39 is 0 Å². The van der Waals surface area contributed by atoms with Crippen LogP contribution in [0.2, 0.25) is 0 Å². The molecule has 82 valence electrons. The minimum Gasteiger partial charge on any atom is -0.356 e. The van der Waals surface area contributed by atoms with Crippen LogP contribution in [0.25, 0.3) is 0 Å². The van der Waals surface area contributed by atoms with Crippen molar-refractivity contribution >= 4 is 5.82 Å². The van der Waals surface area contributed by atoms with Crippen LogP contribution in [0, 0.1) is 29.6 Å². The van der Waals surface area contributed by atoms with E-state index in [0.717, 1.165) is 11.5 Å². The molecular weight excluding hydrogens is 200 g/mol. The smallest absolute Gasteiger partial charge is 0.130 e. The van der Waals surface area contributed by atoms with E-state index in [9.17, 15) is 0 Å². The molecule has 0 N–H and O–H groups in total. The summed E-state index contributed by atoms with van der Waals surface area (Å²) in [7, 11) is 1.88. The average molecular weight is 214 g/mol. The first-order valence-electron chi connectivity index (χ1n) is 5.07. The van der Waals surface area contributed by atoms with E-state index in [2.05, 4.69) is 17.1 Å². The van der Waals surface area contributed by atoms with E-state index in [1.165, 1.54) is 0 Å². The Hall–Kier alpha value is -2.07. The van der Waals surface area contributed by atoms with Gasteiger partial charge in [0.2, 0.25) is 0 Å². The van der Waals surface area contributed by atoms with E-state index in [1.807, 2.05) is 25.8 Å². The first-order chi connectivity index (χ1) is 7.58. The van der Waals surface area contributed by atoms with Crippen molar-refractivity contribution in [3.63, 3.8) is 0 Å². The molecular formula is C12H14N4. The van der Waals surface area contributed by atoms with Gasteiger partial charge in [-0.15, -0.1) is 0 Å². The molecule has 0 aliphatic heterocycles. The Labute approximate surface area is 95.8 Å². The molecule has 1 atom stereocenters. The van der Waals surface area contributed by atoms with Crippen molar-refractivity contribution in [2.75, 3.05) is 11.9 Å². The van der Waals surface area contributed by atoms with Crippen LogP contribution in [0.5, 0.6) is 0 Å². The molecule has 0 aliphatic carbocycles. The van der Waals surface area contributed by atoms with Crippen LogP contribution in [-0.4, -0.2) is 18.1 Å². The summed E-state index contributed by atoms with van der Waals surface area (Å²) in [6.07, 6.45) is 0.439. The maximum atomic E-state index is 8.86. The second kappa shape index (κ2) is 5.14. The van der Waals surface area contributed by atoms with Gasteiger partial charge in [0.05, 0.1) is 24.1 Å². The van der Waals surface area contributed by atoms with Crippen molar-refractivity contribution in [1.82, 2.24) is 4.98 Å². The molecule has 0 aromatic carbocycles. The number of anilines is 1. The lowest BCUT2D eigenvalue weighted by atomic mass is 10.2. The lowest BCUT2D eigenvalue weighted by molar-refractivity contribution is 0.693. The van der Waals surface area contributed by atoms with Gasteiger partial charge in [-0.25, -0.2) is 4.98 Å². The zero-order chi connectivity index (χ0) is 12.1. The topological polar surface area (TPSA) is 63.7 Å². The lowest BCUT2D eigenvalue weighted by Gasteiger charge is -2.24. The van der Waals surface area contributed by atoms with Crippen molar-refractivity contribution in [3.05, 3.63) is 23.4 Å². The second-order valence-electron chi connectivity index (χ2n) is 3.79. The summed E-state index contributed by atoms with van der Waals surface area (Å²) in [6, 6.07) is 7.80. The van der Waals surface area contributed by atoms with E-state index in [4.69, 9.17) is 10.5 Å². The third kappa shape index (κ3) is 2.71. The van der Waals surface area contributed by atoms with Gasteiger partial charge in [0.1, 0.15) is 5.82 Å². The monoisotopic (exact) mass is 214 g/mol. The summed E-state index contributed by atoms with van der Waals surface area (Å²) < 4.78 is 0. The van der Waals surface area contributed by atoms with E-state index in [1.54, 1.807) is 12.1 Å². The Balaban J connectivity index is 3.00. The van der Waals surface area contributed by atoms with Gasteiger partial charge < -0.3 is 4.90 Å². The van der Waals surface area contributed by atoms with Crippen LogP contribution in [0.4, 0.5) is 5.82 Å². The van der Waals surface area contributed by atoms with Crippen molar-refractivity contribution in [3.8, 4) is 12.1 Å². The van der Waals surface area contributed by atoms with Gasteiger partial charge in [-0.2, -0.15) is 10.5 Å². The molecule has 4 heteroatoms. The molecule has 0 aliphatic rings. The fourth-order valence-electron chi connectivity index (χ4n) is 1.39. The van der Waals surface area contributed by atoms with Crippen molar-refractivity contribution in [1.29, 1.82) is 10.5 Å². The van der Waals surface area contributed by atoms with Gasteiger partial charge in [-0.3, -0.25) is 0 Å². The zero-order valence-corrected chi connectivity index (χ0v) is 9.73. The van der Waals surface area contributed by atoms with Crippen LogP contribution < -0.4 is 4.90 Å². The van der Waals surface area contributed by atoms with Crippen LogP contribution in [-0.2, 0) is 0 Å². The largest absolute Gasteiger partial charge is 0.356 e. The average Bonchev–Trinajstić information content (AvgIpc) is 2.27. The summed E-state index contributed by atoms with van der Waals surface area (Å²) in [4.78, 5) is 6.26. The Morgan fingerprint density at radius 2 is 2.12 bits per heavy atom. The third-order valence-electron chi connectivity index (χ3n) is 2.48. The minimum absolute atomic E-state index is 0.0887. The normalized spacial score (nSPS) is 11.3. The highest BCUT2D eigenvalue weighted by atomic mass is 15.2. The SMILES string of the molecule is Cc1cc(C#N)cc(N(C)C(C)CC#N)n1. The Kier molecular flexibility index (Phi) is 3.85. The number of aromatic nitrogens is 1. The van der Waals surface area contributed by atoms with Gasteiger partial charge in [0, 0.05) is 18.8 Å². The molecule has 1 rings (SSSR count). The second-order valence-corrected chi connectivity index (χ2v) is 3.79. The lowest BCUT2D eigenvalue weighted by Crippen LogP contribution is -2.29. The molecule has 0 radical (unpaired) electrons. The number of rotatable bonds is 3. The van der Waals surface area contributed by atoms with Crippen LogP contribution in [0.15, 0.2) is 12.1 Å². The predicted octanol–water partition coefficient (Wildman–Crippen LogP) is 2.00. The Morgan fingerprint density at radius 1 is 1.44 bits per heavy atom. The number of nitriles is 2. The molecule has 0 bridgehead atoms. The highest BCUT2D eigenvalue weighted by Gasteiger charge is 2.11. The maximum Gasteiger partial charge on any atom is 0.130 e. The van der Waals surface area contributed by atoms with Crippen LogP contribution in [0.3, 0.4) is 0 Å². The van der Waals surface area contributed by atoms with Gasteiger partial charge in [0.15, 0.2) is 0 Å². The fourth-order valence-corrected chi connectivity index (χ4v) is 1.39. The number of hydrogen-bond acceptors (Lipinski definition) is 4. The van der Waals surface area contributed by atoms with Gasteiger partial charge >= 0.3 is 0 Å². The van der Waals surface area contributed by atoms with Crippen molar-refractivity contribution in [2.24, 2.45) is 0 Å². The Bertz CT molecular complexity index is 453. The summed E-state index contributed by atoms with van der Waals surface area (Å²) in [5, 5.41) is 17.5. The molecule has 1 aromatic rings. The van der Waals surface area contributed by atoms with Crippen LogP contribution >= 0.6 is 0 Å². The number of pyridine rings is 1. The summed E-state index contributed by atoms with van der Waals surface area (Å²) in [5.41, 5.74) is 1.41. The molecule has 0 saturated heterocycles. The summed E-state index contributed by atoms with van der Waals surface area (Å²) in [6.45, 7) is 3.81. The number of aryl methyl sites for hydroxylation is 1. The number of hydrogen-bond donors (Lipinski definition) is 0. The summed E-state index contributed by atoms with van der Waals surface area (Å²) in [5.74, 6) is 0.735. The van der Waals surface area contributed by atoms with E-state index in [0.29, 0.717) is 12.0 Å². The first kappa shape index (κ1) is 12.0. The predicted molar refractivity (Wildman–Crippen MR) is 61.8 cm³/mol. The molecule has 16 heavy (non-hydrogen) atoms. The van der Waals surface area contributed by atoms with Crippen LogP contribution in [0.1, 0.15) is 24.6 Å². The minimum atomic E-state index is 0.0887. The third-order valence-corrected chi connectivity index (χ3v) is 2.48. The molecule has 0 fully saturated rings. The standard InChI is InChI=1S/C12H14N4/c1-9-6-11(8-14)7-12(15-9)16(3)10(2)4-5-13/h6-7,10H,4H2,1-3H3. The number of nitrogens with zero attached hydrogens (tertiary/aromatic N) is 4. The van der Waals surface area contributed by atoms with Gasteiger partial charge in [0.25, 0.3) is 0 Å². The fraction of sp³-hybridized carbons (Fsp3) is 0.417. The van der Waals surface area contributed by atoms with Gasteiger partial charge in [-0.1, -0.05) is 0 Å². The highest BCUT2D eigenvalue weighted by molar-refractivity contribution is 5.46. The first-order valence-corrected chi connectivity index (χ1v) is 5.07. The molecule has 0 amide bonds. The van der Waals surface area contributed by atoms with E-state index in [-0.39, 0.29) is 6.04 Å². The molecule has 1 aromatic heterocycles. The molecule has 1 unspecified atom stereocenters. The molecule has 0 spiro atoms. The zero-order valence-electron chi connectivity index (χ0n) is 9.73. The van der Waals surface area contributed by atoms with Crippen molar-refractivity contribution < 1.29 is 0 Å². The summed E-state index contributed by atoms with van der Waals surface area (Å²) >= 11 is 0. The van der Waals surface area contributed by atoms with Crippen molar-refractivity contribution in [2.45, 2.75) is 26.3 Å². The van der Waals surface area contributed by atoms with E-state index >= 15 is 0 Å².